The molecule has 4 rings (SSSR count). The maximum absolute atomic E-state index is 2.45. The van der Waals surface area contributed by atoms with Crippen LogP contribution in [0.4, 0.5) is 11.4 Å². The lowest BCUT2D eigenvalue weighted by Gasteiger charge is -2.31. The van der Waals surface area contributed by atoms with Crippen LogP contribution in [-0.4, -0.2) is 26.2 Å². The number of benzene rings is 2. The van der Waals surface area contributed by atoms with E-state index in [1.165, 1.54) is 22.5 Å². The van der Waals surface area contributed by atoms with Crippen molar-refractivity contribution in [2.24, 2.45) is 0 Å². The van der Waals surface area contributed by atoms with E-state index in [1.54, 1.807) is 0 Å². The Labute approximate surface area is 176 Å². The van der Waals surface area contributed by atoms with Crippen LogP contribution in [0.15, 0.2) is 72.8 Å². The third kappa shape index (κ3) is 3.10. The molecule has 2 aliphatic rings. The third-order valence-electron chi connectivity index (χ3n) is 7.31. The van der Waals surface area contributed by atoms with Gasteiger partial charge in [0.25, 0.3) is 0 Å². The number of hydrogen-bond donors (Lipinski definition) is 0. The Hall–Kier alpha value is -2.48. The Morgan fingerprint density at radius 2 is 1.31 bits per heavy atom. The normalized spacial score (nSPS) is 24.5. The number of fused-ring (bicyclic) bond motifs is 2. The molecule has 2 atom stereocenters. The molecule has 0 N–H and O–H groups in total. The maximum atomic E-state index is 2.45. The minimum Gasteiger partial charge on any atom is -0.370 e. The zero-order chi connectivity index (χ0) is 20.8. The third-order valence-corrected chi connectivity index (χ3v) is 7.31. The van der Waals surface area contributed by atoms with Crippen LogP contribution in [0.5, 0.6) is 0 Å². The molecule has 2 nitrogen and oxygen atoms in total. The molecule has 2 aromatic rings. The SMILES string of the molecule is CN1c2ccccc2C(C)(C)C1/C=C/C=C/CC1N(C)c2ccccc2C1(C)C. The van der Waals surface area contributed by atoms with E-state index in [0.717, 1.165) is 6.42 Å². The lowest BCUT2D eigenvalue weighted by atomic mass is 9.79. The molecule has 2 unspecified atom stereocenters. The molecule has 2 heteroatoms. The second-order valence-corrected chi connectivity index (χ2v) is 9.71. The lowest BCUT2D eigenvalue weighted by molar-refractivity contribution is 0.430. The summed E-state index contributed by atoms with van der Waals surface area (Å²) in [5.41, 5.74) is 5.90. The fraction of sp³-hybridized carbons (Fsp3) is 0.407. The fourth-order valence-corrected chi connectivity index (χ4v) is 5.55. The van der Waals surface area contributed by atoms with Crippen molar-refractivity contribution in [3.05, 3.63) is 84.0 Å². The van der Waals surface area contributed by atoms with E-state index in [2.05, 4.69) is 124 Å². The Morgan fingerprint density at radius 3 is 1.90 bits per heavy atom. The summed E-state index contributed by atoms with van der Waals surface area (Å²) in [4.78, 5) is 4.86. The highest BCUT2D eigenvalue weighted by molar-refractivity contribution is 5.65. The number of rotatable bonds is 4. The van der Waals surface area contributed by atoms with E-state index in [0.29, 0.717) is 12.1 Å². The van der Waals surface area contributed by atoms with E-state index in [-0.39, 0.29) is 10.8 Å². The molecule has 0 saturated carbocycles. The molecule has 0 aliphatic carbocycles. The first-order valence-electron chi connectivity index (χ1n) is 10.7. The molecule has 2 heterocycles. The van der Waals surface area contributed by atoms with Crippen molar-refractivity contribution in [1.82, 2.24) is 0 Å². The van der Waals surface area contributed by atoms with Crippen LogP contribution in [-0.2, 0) is 10.8 Å². The highest BCUT2D eigenvalue weighted by Crippen LogP contribution is 2.46. The summed E-state index contributed by atoms with van der Waals surface area (Å²) in [6.45, 7) is 9.44. The maximum Gasteiger partial charge on any atom is 0.0565 e. The van der Waals surface area contributed by atoms with E-state index < -0.39 is 0 Å². The number of hydrogen-bond acceptors (Lipinski definition) is 2. The molecular weight excluding hydrogens is 352 g/mol. The van der Waals surface area contributed by atoms with Gasteiger partial charge in [0.2, 0.25) is 0 Å². The Bertz CT molecular complexity index is 951. The van der Waals surface area contributed by atoms with Crippen molar-refractivity contribution in [1.29, 1.82) is 0 Å². The number of allylic oxidation sites excluding steroid dienone is 2. The molecule has 152 valence electrons. The Morgan fingerprint density at radius 1 is 0.759 bits per heavy atom. The van der Waals surface area contributed by atoms with Crippen molar-refractivity contribution in [2.75, 3.05) is 23.9 Å². The summed E-state index contributed by atoms with van der Waals surface area (Å²) in [6.07, 6.45) is 10.2. The van der Waals surface area contributed by atoms with Crippen molar-refractivity contribution >= 4 is 11.4 Å². The number of para-hydroxylation sites is 2. The minimum atomic E-state index is 0.116. The first kappa shape index (κ1) is 19.8. The molecule has 29 heavy (non-hydrogen) atoms. The monoisotopic (exact) mass is 386 g/mol. The molecule has 2 aliphatic heterocycles. The van der Waals surface area contributed by atoms with Crippen molar-refractivity contribution in [3.63, 3.8) is 0 Å². The van der Waals surface area contributed by atoms with Gasteiger partial charge in [0.1, 0.15) is 0 Å². The predicted octanol–water partition coefficient (Wildman–Crippen LogP) is 6.08. The van der Waals surface area contributed by atoms with Gasteiger partial charge in [-0.3, -0.25) is 0 Å². The summed E-state index contributed by atoms with van der Waals surface area (Å²) in [5, 5.41) is 0. The van der Waals surface area contributed by atoms with E-state index in [9.17, 15) is 0 Å². The van der Waals surface area contributed by atoms with Gasteiger partial charge in [-0.1, -0.05) is 88.4 Å². The van der Waals surface area contributed by atoms with E-state index >= 15 is 0 Å². The summed E-state index contributed by atoms with van der Waals surface area (Å²) in [5.74, 6) is 0. The molecular formula is C27H34N2. The van der Waals surface area contributed by atoms with Gasteiger partial charge in [-0.15, -0.1) is 0 Å². The average Bonchev–Trinajstić information content (AvgIpc) is 3.02. The van der Waals surface area contributed by atoms with Gasteiger partial charge in [-0.25, -0.2) is 0 Å². The van der Waals surface area contributed by atoms with Crippen LogP contribution >= 0.6 is 0 Å². The zero-order valence-corrected chi connectivity index (χ0v) is 18.7. The quantitative estimate of drug-likeness (QED) is 0.587. The van der Waals surface area contributed by atoms with Crippen LogP contribution in [0, 0.1) is 0 Å². The van der Waals surface area contributed by atoms with Crippen LogP contribution in [0.1, 0.15) is 45.2 Å². The summed E-state index contributed by atoms with van der Waals surface area (Å²) < 4.78 is 0. The van der Waals surface area contributed by atoms with Gasteiger partial charge in [-0.2, -0.15) is 0 Å². The zero-order valence-electron chi connectivity index (χ0n) is 18.7. The predicted molar refractivity (Wildman–Crippen MR) is 126 cm³/mol. The molecule has 0 aromatic heterocycles. The molecule has 0 saturated heterocycles. The van der Waals surface area contributed by atoms with Gasteiger partial charge >= 0.3 is 0 Å². The largest absolute Gasteiger partial charge is 0.370 e. The topological polar surface area (TPSA) is 6.48 Å². The second-order valence-electron chi connectivity index (χ2n) is 9.71. The van der Waals surface area contributed by atoms with Crippen molar-refractivity contribution in [3.8, 4) is 0 Å². The number of likely N-dealkylation sites (N-methyl/N-ethyl adjacent to an activating group) is 2. The first-order chi connectivity index (χ1) is 13.8. The van der Waals surface area contributed by atoms with Gasteiger partial charge in [0.15, 0.2) is 0 Å². The fourth-order valence-electron chi connectivity index (χ4n) is 5.55. The molecule has 0 spiro atoms. The van der Waals surface area contributed by atoms with E-state index in [4.69, 9.17) is 0 Å². The minimum absolute atomic E-state index is 0.116. The first-order valence-corrected chi connectivity index (χ1v) is 10.7. The average molecular weight is 387 g/mol. The molecule has 0 radical (unpaired) electrons. The number of nitrogens with zero attached hydrogens (tertiary/aromatic N) is 2. The van der Waals surface area contributed by atoms with Gasteiger partial charge < -0.3 is 9.80 Å². The van der Waals surface area contributed by atoms with Crippen LogP contribution in [0.25, 0.3) is 0 Å². The number of anilines is 2. The van der Waals surface area contributed by atoms with Crippen molar-refractivity contribution in [2.45, 2.75) is 57.0 Å². The lowest BCUT2D eigenvalue weighted by Crippen LogP contribution is -2.38. The second kappa shape index (κ2) is 7.09. The summed E-state index contributed by atoms with van der Waals surface area (Å²) in [6, 6.07) is 18.5. The summed E-state index contributed by atoms with van der Waals surface area (Å²) >= 11 is 0. The van der Waals surface area contributed by atoms with Gasteiger partial charge in [0.05, 0.1) is 6.04 Å². The van der Waals surface area contributed by atoms with Crippen LogP contribution in [0.2, 0.25) is 0 Å². The van der Waals surface area contributed by atoms with Gasteiger partial charge in [-0.05, 0) is 29.7 Å². The Balaban J connectivity index is 1.45. The standard InChI is InChI=1S/C27H34N2/c1-26(2)20-14-10-12-16-22(20)28(5)24(26)18-8-7-9-19-25-27(3,4)21-15-11-13-17-23(21)29(25)6/h7-18,24-25H,19H2,1-6H3/b9-7+,18-8+. The molecule has 2 aromatic carbocycles. The highest BCUT2D eigenvalue weighted by atomic mass is 15.2. The van der Waals surface area contributed by atoms with Crippen LogP contribution in [0.3, 0.4) is 0 Å². The van der Waals surface area contributed by atoms with Crippen LogP contribution < -0.4 is 9.80 Å². The summed E-state index contributed by atoms with van der Waals surface area (Å²) in [7, 11) is 4.44. The molecule has 0 bridgehead atoms. The van der Waals surface area contributed by atoms with Gasteiger partial charge in [0, 0.05) is 42.3 Å². The molecule has 0 fully saturated rings. The molecule has 0 amide bonds. The van der Waals surface area contributed by atoms with E-state index in [1.807, 2.05) is 0 Å². The smallest absolute Gasteiger partial charge is 0.0565 e. The Kier molecular flexibility index (Phi) is 4.85. The highest BCUT2D eigenvalue weighted by Gasteiger charge is 2.42. The van der Waals surface area contributed by atoms with Crippen molar-refractivity contribution < 1.29 is 0 Å².